The van der Waals surface area contributed by atoms with Crippen molar-refractivity contribution in [3.63, 3.8) is 0 Å². The highest BCUT2D eigenvalue weighted by molar-refractivity contribution is 7.98. The van der Waals surface area contributed by atoms with E-state index in [1.807, 2.05) is 79.7 Å². The molecule has 0 aliphatic rings. The molecule has 0 atom stereocenters. The Labute approximate surface area is 168 Å². The number of hydrogen-bond acceptors (Lipinski definition) is 3. The monoisotopic (exact) mass is 397 g/mol. The van der Waals surface area contributed by atoms with Crippen molar-refractivity contribution in [1.82, 2.24) is 0 Å². The summed E-state index contributed by atoms with van der Waals surface area (Å²) in [6.45, 7) is 2.55. The second kappa shape index (κ2) is 9.49. The molecule has 3 aromatic rings. The number of halogens is 1. The van der Waals surface area contributed by atoms with Gasteiger partial charge < -0.3 is 10.1 Å². The Morgan fingerprint density at radius 3 is 2.44 bits per heavy atom. The van der Waals surface area contributed by atoms with Crippen molar-refractivity contribution in [2.75, 3.05) is 11.9 Å². The Morgan fingerprint density at radius 1 is 1.00 bits per heavy atom. The van der Waals surface area contributed by atoms with E-state index in [2.05, 4.69) is 5.32 Å². The van der Waals surface area contributed by atoms with Gasteiger partial charge in [-0.15, -0.1) is 11.8 Å². The Kier molecular flexibility index (Phi) is 6.80. The number of carbonyl (C=O) groups excluding carboxylic acids is 1. The molecule has 3 aromatic carbocycles. The predicted octanol–water partition coefficient (Wildman–Crippen LogP) is 6.28. The van der Waals surface area contributed by atoms with Gasteiger partial charge >= 0.3 is 0 Å². The van der Waals surface area contributed by atoms with Crippen LogP contribution in [0.4, 0.5) is 5.69 Å². The van der Waals surface area contributed by atoms with Crippen LogP contribution in [0.5, 0.6) is 5.75 Å². The number of rotatable bonds is 7. The van der Waals surface area contributed by atoms with Crippen LogP contribution in [0, 0.1) is 0 Å². The number of benzene rings is 3. The molecule has 138 valence electrons. The first-order valence-electron chi connectivity index (χ1n) is 8.67. The van der Waals surface area contributed by atoms with Gasteiger partial charge in [0.2, 0.25) is 0 Å². The van der Waals surface area contributed by atoms with Crippen molar-refractivity contribution >= 4 is 35.0 Å². The highest BCUT2D eigenvalue weighted by Gasteiger charge is 2.12. The minimum atomic E-state index is -0.138. The maximum absolute atomic E-state index is 12.7. The van der Waals surface area contributed by atoms with Crippen molar-refractivity contribution in [2.24, 2.45) is 0 Å². The van der Waals surface area contributed by atoms with E-state index in [0.717, 1.165) is 26.9 Å². The normalized spacial score (nSPS) is 10.4. The largest absolute Gasteiger partial charge is 0.494 e. The molecule has 0 saturated carbocycles. The average molecular weight is 398 g/mol. The van der Waals surface area contributed by atoms with Crippen LogP contribution in [0.25, 0.3) is 0 Å². The van der Waals surface area contributed by atoms with Gasteiger partial charge in [-0.05, 0) is 55.0 Å². The van der Waals surface area contributed by atoms with Crippen molar-refractivity contribution in [1.29, 1.82) is 0 Å². The summed E-state index contributed by atoms with van der Waals surface area (Å²) < 4.78 is 5.43. The molecule has 0 bridgehead atoms. The summed E-state index contributed by atoms with van der Waals surface area (Å²) >= 11 is 7.83. The summed E-state index contributed by atoms with van der Waals surface area (Å²) in [5.74, 6) is 1.35. The maximum atomic E-state index is 12.7. The van der Waals surface area contributed by atoms with Gasteiger partial charge in [-0.2, -0.15) is 0 Å². The minimum absolute atomic E-state index is 0.138. The number of anilines is 1. The van der Waals surface area contributed by atoms with Crippen LogP contribution in [0.1, 0.15) is 22.8 Å². The molecule has 27 heavy (non-hydrogen) atoms. The zero-order valence-corrected chi connectivity index (χ0v) is 16.5. The summed E-state index contributed by atoms with van der Waals surface area (Å²) in [4.78, 5) is 13.7. The number of thioether (sulfide) groups is 1. The quantitative estimate of drug-likeness (QED) is 0.476. The fourth-order valence-electron chi connectivity index (χ4n) is 2.55. The van der Waals surface area contributed by atoms with Crippen LogP contribution in [-0.4, -0.2) is 12.5 Å². The fourth-order valence-corrected chi connectivity index (χ4v) is 3.89. The Balaban J connectivity index is 1.70. The van der Waals surface area contributed by atoms with Gasteiger partial charge in [0, 0.05) is 21.4 Å². The topological polar surface area (TPSA) is 38.3 Å². The van der Waals surface area contributed by atoms with Crippen molar-refractivity contribution in [2.45, 2.75) is 17.6 Å². The summed E-state index contributed by atoms with van der Waals surface area (Å²) in [5.41, 5.74) is 2.42. The summed E-state index contributed by atoms with van der Waals surface area (Å²) in [5, 5.41) is 3.68. The van der Waals surface area contributed by atoms with Crippen LogP contribution >= 0.6 is 23.4 Å². The van der Waals surface area contributed by atoms with E-state index in [-0.39, 0.29) is 5.91 Å². The SMILES string of the molecule is CCOc1ccc(NC(=O)c2ccccc2SCc2ccccc2Cl)cc1. The number of nitrogens with one attached hydrogen (secondary N) is 1. The molecular weight excluding hydrogens is 378 g/mol. The minimum Gasteiger partial charge on any atom is -0.494 e. The summed E-state index contributed by atoms with van der Waals surface area (Å²) in [7, 11) is 0. The lowest BCUT2D eigenvalue weighted by Crippen LogP contribution is -2.13. The molecule has 3 nitrogen and oxygen atoms in total. The van der Waals surface area contributed by atoms with Crippen molar-refractivity contribution in [3.8, 4) is 5.75 Å². The predicted molar refractivity (Wildman–Crippen MR) is 113 cm³/mol. The molecule has 5 heteroatoms. The molecular formula is C22H20ClNO2S. The van der Waals surface area contributed by atoms with E-state index < -0.39 is 0 Å². The molecule has 1 N–H and O–H groups in total. The zero-order valence-electron chi connectivity index (χ0n) is 14.9. The zero-order chi connectivity index (χ0) is 19.1. The molecule has 3 rings (SSSR count). The van der Waals surface area contributed by atoms with Gasteiger partial charge in [-0.25, -0.2) is 0 Å². The Bertz CT molecular complexity index is 912. The highest BCUT2D eigenvalue weighted by atomic mass is 35.5. The molecule has 0 aliphatic heterocycles. The van der Waals surface area contributed by atoms with E-state index >= 15 is 0 Å². The summed E-state index contributed by atoms with van der Waals surface area (Å²) in [6, 6.07) is 22.7. The van der Waals surface area contributed by atoms with E-state index in [4.69, 9.17) is 16.3 Å². The molecule has 0 heterocycles. The molecule has 0 unspecified atom stereocenters. The van der Waals surface area contributed by atoms with Crippen molar-refractivity contribution < 1.29 is 9.53 Å². The third-order valence-corrected chi connectivity index (χ3v) is 5.39. The Morgan fingerprint density at radius 2 is 1.70 bits per heavy atom. The third kappa shape index (κ3) is 5.28. The van der Waals surface area contributed by atoms with Crippen LogP contribution in [0.15, 0.2) is 77.7 Å². The first-order valence-corrected chi connectivity index (χ1v) is 10.0. The molecule has 0 aromatic heterocycles. The van der Waals surface area contributed by atoms with Gasteiger partial charge in [0.25, 0.3) is 5.91 Å². The molecule has 1 amide bonds. The van der Waals surface area contributed by atoms with Crippen LogP contribution in [-0.2, 0) is 5.75 Å². The molecule has 0 aliphatic carbocycles. The lowest BCUT2D eigenvalue weighted by molar-refractivity contribution is 0.102. The molecule has 0 fully saturated rings. The van der Waals surface area contributed by atoms with Gasteiger partial charge in [0.15, 0.2) is 0 Å². The van der Waals surface area contributed by atoms with E-state index in [1.165, 1.54) is 0 Å². The first-order chi connectivity index (χ1) is 13.2. The smallest absolute Gasteiger partial charge is 0.256 e. The van der Waals surface area contributed by atoms with Gasteiger partial charge in [-0.3, -0.25) is 4.79 Å². The average Bonchev–Trinajstić information content (AvgIpc) is 2.69. The lowest BCUT2D eigenvalue weighted by Gasteiger charge is -2.11. The first kappa shape index (κ1) is 19.3. The second-order valence-electron chi connectivity index (χ2n) is 5.79. The Hall–Kier alpha value is -2.43. The van der Waals surface area contributed by atoms with Gasteiger partial charge in [-0.1, -0.05) is 41.9 Å². The van der Waals surface area contributed by atoms with Crippen LogP contribution in [0.2, 0.25) is 5.02 Å². The maximum Gasteiger partial charge on any atom is 0.256 e. The van der Waals surface area contributed by atoms with Crippen LogP contribution in [0.3, 0.4) is 0 Å². The standard InChI is InChI=1S/C22H20ClNO2S/c1-2-26-18-13-11-17(12-14-18)24-22(25)19-8-4-6-10-21(19)27-15-16-7-3-5-9-20(16)23/h3-14H,2,15H2,1H3,(H,24,25). The van der Waals surface area contributed by atoms with Gasteiger partial charge in [0.05, 0.1) is 12.2 Å². The summed E-state index contributed by atoms with van der Waals surface area (Å²) in [6.07, 6.45) is 0. The number of ether oxygens (including phenoxy) is 1. The van der Waals surface area contributed by atoms with Crippen molar-refractivity contribution in [3.05, 3.63) is 88.9 Å². The second-order valence-corrected chi connectivity index (χ2v) is 7.21. The van der Waals surface area contributed by atoms with E-state index in [0.29, 0.717) is 17.9 Å². The number of carbonyl (C=O) groups is 1. The van der Waals surface area contributed by atoms with Crippen LogP contribution < -0.4 is 10.1 Å². The molecule has 0 spiro atoms. The number of amides is 1. The van der Waals surface area contributed by atoms with E-state index in [1.54, 1.807) is 11.8 Å². The third-order valence-electron chi connectivity index (χ3n) is 3.90. The van der Waals surface area contributed by atoms with Gasteiger partial charge in [0.1, 0.15) is 5.75 Å². The molecule has 0 saturated heterocycles. The number of hydrogen-bond donors (Lipinski definition) is 1. The lowest BCUT2D eigenvalue weighted by atomic mass is 10.2. The molecule has 0 radical (unpaired) electrons. The highest BCUT2D eigenvalue weighted by Crippen LogP contribution is 2.29. The van der Waals surface area contributed by atoms with E-state index in [9.17, 15) is 4.79 Å². The fraction of sp³-hybridized carbons (Fsp3) is 0.136.